The molecule has 0 amide bonds. The molecule has 20 heavy (non-hydrogen) atoms. The number of carboxylic acids is 1. The molecule has 3 rings (SSSR count). The molecule has 0 spiro atoms. The van der Waals surface area contributed by atoms with Gasteiger partial charge in [-0.25, -0.2) is 0 Å². The second-order valence-electron chi connectivity index (χ2n) is 6.00. The number of rotatable bonds is 3. The molecule has 1 aliphatic carbocycles. The van der Waals surface area contributed by atoms with E-state index in [-0.39, 0.29) is 6.04 Å². The van der Waals surface area contributed by atoms with Crippen LogP contribution in [-0.4, -0.2) is 28.1 Å². The van der Waals surface area contributed by atoms with E-state index in [9.17, 15) is 9.90 Å². The first-order chi connectivity index (χ1) is 9.65. The van der Waals surface area contributed by atoms with Gasteiger partial charge in [0.2, 0.25) is 0 Å². The lowest BCUT2D eigenvalue weighted by Crippen LogP contribution is -2.41. The number of aliphatic carboxylic acids is 1. The van der Waals surface area contributed by atoms with Crippen molar-refractivity contribution in [1.82, 2.24) is 4.90 Å². The van der Waals surface area contributed by atoms with Gasteiger partial charge in [0.15, 0.2) is 0 Å². The summed E-state index contributed by atoms with van der Waals surface area (Å²) in [5, 5.41) is 10.2. The molecule has 2 fully saturated rings. The van der Waals surface area contributed by atoms with E-state index in [4.69, 9.17) is 11.6 Å². The van der Waals surface area contributed by atoms with Gasteiger partial charge in [0.05, 0.1) is 0 Å². The van der Waals surface area contributed by atoms with Crippen LogP contribution >= 0.6 is 11.6 Å². The number of halogens is 1. The van der Waals surface area contributed by atoms with E-state index in [0.717, 1.165) is 30.0 Å². The van der Waals surface area contributed by atoms with Crippen LogP contribution in [0.15, 0.2) is 24.3 Å². The molecule has 1 aliphatic heterocycles. The zero-order chi connectivity index (χ0) is 14.1. The van der Waals surface area contributed by atoms with E-state index in [2.05, 4.69) is 4.90 Å². The molecule has 1 heterocycles. The van der Waals surface area contributed by atoms with Crippen LogP contribution in [0.5, 0.6) is 0 Å². The molecule has 0 bridgehead atoms. The van der Waals surface area contributed by atoms with Crippen molar-refractivity contribution in [2.45, 2.75) is 50.7 Å². The quantitative estimate of drug-likeness (QED) is 0.926. The second kappa shape index (κ2) is 5.74. The molecule has 1 aromatic carbocycles. The molecule has 1 N–H and O–H groups in total. The van der Waals surface area contributed by atoms with Crippen molar-refractivity contribution in [2.75, 3.05) is 0 Å². The summed E-state index contributed by atoms with van der Waals surface area (Å²) in [7, 11) is 0. The molecule has 0 unspecified atom stereocenters. The molecule has 1 saturated heterocycles. The van der Waals surface area contributed by atoms with Gasteiger partial charge in [-0.05, 0) is 42.9 Å². The molecular formula is C16H20ClNO2. The fraction of sp³-hybridized carbons (Fsp3) is 0.562. The van der Waals surface area contributed by atoms with Gasteiger partial charge in [-0.1, -0.05) is 36.6 Å². The van der Waals surface area contributed by atoms with Gasteiger partial charge in [-0.2, -0.15) is 0 Å². The van der Waals surface area contributed by atoms with E-state index in [1.165, 1.54) is 19.3 Å². The summed E-state index contributed by atoms with van der Waals surface area (Å²) in [6, 6.07) is 7.87. The van der Waals surface area contributed by atoms with Crippen molar-refractivity contribution >= 4 is 17.6 Å². The molecule has 0 radical (unpaired) electrons. The molecule has 3 nitrogen and oxygen atoms in total. The van der Waals surface area contributed by atoms with Crippen LogP contribution in [0.4, 0.5) is 0 Å². The Morgan fingerprint density at radius 1 is 1.25 bits per heavy atom. The molecule has 2 aliphatic rings. The maximum absolute atomic E-state index is 11.5. The number of fused-ring (bicyclic) bond motifs is 1. The maximum Gasteiger partial charge on any atom is 0.320 e. The summed E-state index contributed by atoms with van der Waals surface area (Å²) in [5.74, 6) is -0.106. The van der Waals surface area contributed by atoms with Gasteiger partial charge in [0.25, 0.3) is 0 Å². The van der Waals surface area contributed by atoms with Gasteiger partial charge < -0.3 is 5.11 Å². The predicted molar refractivity (Wildman–Crippen MR) is 78.8 cm³/mol. The highest BCUT2D eigenvalue weighted by Crippen LogP contribution is 2.40. The number of hydrogen-bond acceptors (Lipinski definition) is 2. The third kappa shape index (κ3) is 2.70. The van der Waals surface area contributed by atoms with Crippen LogP contribution in [0.3, 0.4) is 0 Å². The van der Waals surface area contributed by atoms with Crippen molar-refractivity contribution in [2.24, 2.45) is 5.92 Å². The average Bonchev–Trinajstić information content (AvgIpc) is 2.81. The lowest BCUT2D eigenvalue weighted by Gasteiger charge is -2.33. The number of nitrogens with zero attached hydrogens (tertiary/aromatic N) is 1. The number of hydrogen-bond donors (Lipinski definition) is 1. The number of carbonyl (C=O) groups is 1. The van der Waals surface area contributed by atoms with Gasteiger partial charge in [-0.15, -0.1) is 0 Å². The number of carboxylic acid groups (broad SMARTS) is 1. The van der Waals surface area contributed by atoms with Gasteiger partial charge in [0.1, 0.15) is 6.04 Å². The topological polar surface area (TPSA) is 40.5 Å². The normalized spacial score (nSPS) is 30.1. The maximum atomic E-state index is 11.5. The Bertz CT molecular complexity index is 488. The van der Waals surface area contributed by atoms with Crippen molar-refractivity contribution in [3.05, 3.63) is 34.9 Å². The van der Waals surface area contributed by atoms with E-state index in [1.807, 2.05) is 24.3 Å². The minimum Gasteiger partial charge on any atom is -0.480 e. The molecule has 4 heteroatoms. The Morgan fingerprint density at radius 2 is 1.95 bits per heavy atom. The summed E-state index contributed by atoms with van der Waals surface area (Å²) >= 11 is 5.91. The van der Waals surface area contributed by atoms with Gasteiger partial charge in [-0.3, -0.25) is 9.69 Å². The first kappa shape index (κ1) is 13.9. The predicted octanol–water partition coefficient (Wildman–Crippen LogP) is 3.56. The van der Waals surface area contributed by atoms with Crippen LogP contribution in [0, 0.1) is 5.92 Å². The Hall–Kier alpha value is -1.06. The Kier molecular flexibility index (Phi) is 3.99. The minimum absolute atomic E-state index is 0.321. The van der Waals surface area contributed by atoms with Crippen molar-refractivity contribution in [1.29, 1.82) is 0 Å². The number of likely N-dealkylation sites (tertiary alicyclic amines) is 1. The summed E-state index contributed by atoms with van der Waals surface area (Å²) in [6.07, 6.45) is 5.62. The van der Waals surface area contributed by atoms with Crippen LogP contribution in [0.2, 0.25) is 5.02 Å². The highest BCUT2D eigenvalue weighted by atomic mass is 35.5. The zero-order valence-electron chi connectivity index (χ0n) is 11.5. The van der Waals surface area contributed by atoms with Crippen molar-refractivity contribution in [3.63, 3.8) is 0 Å². The van der Waals surface area contributed by atoms with Crippen LogP contribution < -0.4 is 0 Å². The van der Waals surface area contributed by atoms with E-state index < -0.39 is 5.97 Å². The Morgan fingerprint density at radius 3 is 2.65 bits per heavy atom. The second-order valence-corrected chi connectivity index (χ2v) is 6.44. The van der Waals surface area contributed by atoms with Gasteiger partial charge in [0, 0.05) is 17.6 Å². The molecule has 3 atom stereocenters. The van der Waals surface area contributed by atoms with E-state index >= 15 is 0 Å². The molecule has 108 valence electrons. The third-order valence-corrected chi connectivity index (χ3v) is 5.04. The lowest BCUT2D eigenvalue weighted by atomic mass is 9.84. The first-order valence-corrected chi connectivity index (χ1v) is 7.76. The summed E-state index contributed by atoms with van der Waals surface area (Å²) in [6.45, 7) is 0.718. The van der Waals surface area contributed by atoms with E-state index in [1.54, 1.807) is 0 Å². The molecule has 0 aromatic heterocycles. The molecular weight excluding hydrogens is 274 g/mol. The van der Waals surface area contributed by atoms with Crippen LogP contribution in [-0.2, 0) is 11.3 Å². The van der Waals surface area contributed by atoms with Crippen molar-refractivity contribution < 1.29 is 9.90 Å². The monoisotopic (exact) mass is 293 g/mol. The summed E-state index contributed by atoms with van der Waals surface area (Å²) < 4.78 is 0. The van der Waals surface area contributed by atoms with E-state index in [0.29, 0.717) is 12.0 Å². The fourth-order valence-corrected chi connectivity index (χ4v) is 3.95. The smallest absolute Gasteiger partial charge is 0.320 e. The Labute approximate surface area is 124 Å². The lowest BCUT2D eigenvalue weighted by molar-refractivity contribution is -0.142. The van der Waals surface area contributed by atoms with Gasteiger partial charge >= 0.3 is 5.97 Å². The standard InChI is InChI=1S/C16H20ClNO2/c17-13-7-5-11(6-8-13)10-18-14-4-2-1-3-12(14)9-15(18)16(19)20/h5-8,12,14-15H,1-4,9-10H2,(H,19,20)/t12-,14+,15-/m0/s1. The number of benzene rings is 1. The van der Waals surface area contributed by atoms with Crippen LogP contribution in [0.25, 0.3) is 0 Å². The van der Waals surface area contributed by atoms with Crippen LogP contribution in [0.1, 0.15) is 37.7 Å². The Balaban J connectivity index is 1.80. The average molecular weight is 294 g/mol. The third-order valence-electron chi connectivity index (χ3n) is 4.78. The molecule has 1 saturated carbocycles. The highest BCUT2D eigenvalue weighted by molar-refractivity contribution is 6.30. The summed E-state index contributed by atoms with van der Waals surface area (Å²) in [4.78, 5) is 13.7. The minimum atomic E-state index is -0.673. The highest BCUT2D eigenvalue weighted by Gasteiger charge is 2.44. The largest absolute Gasteiger partial charge is 0.480 e. The summed E-state index contributed by atoms with van der Waals surface area (Å²) in [5.41, 5.74) is 1.15. The first-order valence-electron chi connectivity index (χ1n) is 7.38. The molecule has 1 aromatic rings. The fourth-order valence-electron chi connectivity index (χ4n) is 3.82. The SMILES string of the molecule is O=C(O)[C@@H]1C[C@@H]2CCCC[C@H]2N1Cc1ccc(Cl)cc1. The van der Waals surface area contributed by atoms with Crippen molar-refractivity contribution in [3.8, 4) is 0 Å². The zero-order valence-corrected chi connectivity index (χ0v) is 12.2.